The Kier molecular flexibility index (Phi) is 7.51. The lowest BCUT2D eigenvalue weighted by atomic mass is 10.2. The minimum atomic E-state index is -0.448. The lowest BCUT2D eigenvalue weighted by molar-refractivity contribution is -0.119. The van der Waals surface area contributed by atoms with Gasteiger partial charge in [0.2, 0.25) is 5.91 Å². The highest BCUT2D eigenvalue weighted by atomic mass is 35.5. The molecule has 34 heavy (non-hydrogen) atoms. The zero-order valence-corrected chi connectivity index (χ0v) is 19.6. The monoisotopic (exact) mass is 497 g/mol. The van der Waals surface area contributed by atoms with E-state index in [4.69, 9.17) is 20.8 Å². The summed E-state index contributed by atoms with van der Waals surface area (Å²) in [5.74, 6) is 1.17. The lowest BCUT2D eigenvalue weighted by Gasteiger charge is -2.10. The molecule has 0 saturated heterocycles. The average Bonchev–Trinajstić information content (AvgIpc) is 3.52. The largest absolute Gasteiger partial charge is 0.497 e. The van der Waals surface area contributed by atoms with Gasteiger partial charge in [0, 0.05) is 16.1 Å². The molecule has 2 amide bonds. The van der Waals surface area contributed by atoms with Crippen LogP contribution in [0.4, 0.5) is 0 Å². The van der Waals surface area contributed by atoms with Crippen molar-refractivity contribution in [1.29, 1.82) is 0 Å². The smallest absolute Gasteiger partial charge is 0.269 e. The van der Waals surface area contributed by atoms with Crippen molar-refractivity contribution in [2.75, 3.05) is 12.9 Å². The third-order valence-electron chi connectivity index (χ3n) is 4.69. The molecular weight excluding hydrogens is 478 g/mol. The minimum absolute atomic E-state index is 0.00922. The maximum Gasteiger partial charge on any atom is 0.269 e. The van der Waals surface area contributed by atoms with Crippen LogP contribution in [0.5, 0.6) is 5.75 Å². The number of hydrazine groups is 1. The van der Waals surface area contributed by atoms with E-state index in [1.54, 1.807) is 43.7 Å². The number of benzene rings is 2. The van der Waals surface area contributed by atoms with Gasteiger partial charge >= 0.3 is 0 Å². The Hall–Kier alpha value is -3.76. The third kappa shape index (κ3) is 5.77. The van der Waals surface area contributed by atoms with Crippen molar-refractivity contribution in [2.24, 2.45) is 0 Å². The van der Waals surface area contributed by atoms with E-state index in [9.17, 15) is 9.59 Å². The highest BCUT2D eigenvalue weighted by Crippen LogP contribution is 2.27. The topological polar surface area (TPSA) is 111 Å². The molecule has 2 heterocycles. The van der Waals surface area contributed by atoms with E-state index in [0.717, 1.165) is 5.56 Å². The Morgan fingerprint density at radius 1 is 1.09 bits per heavy atom. The molecule has 2 aromatic carbocycles. The van der Waals surface area contributed by atoms with Crippen molar-refractivity contribution in [2.45, 2.75) is 11.7 Å². The summed E-state index contributed by atoms with van der Waals surface area (Å²) in [5, 5.41) is 9.63. The molecule has 0 unspecified atom stereocenters. The van der Waals surface area contributed by atoms with Gasteiger partial charge in [-0.15, -0.1) is 10.2 Å². The number of thioether (sulfide) groups is 1. The van der Waals surface area contributed by atoms with Gasteiger partial charge < -0.3 is 9.15 Å². The van der Waals surface area contributed by atoms with Crippen LogP contribution in [0.15, 0.2) is 76.5 Å². The fourth-order valence-electron chi connectivity index (χ4n) is 3.04. The van der Waals surface area contributed by atoms with Crippen LogP contribution in [-0.4, -0.2) is 39.4 Å². The Morgan fingerprint density at radius 2 is 1.91 bits per heavy atom. The molecule has 11 heteroatoms. The molecule has 0 atom stereocenters. The predicted molar refractivity (Wildman–Crippen MR) is 128 cm³/mol. The van der Waals surface area contributed by atoms with Gasteiger partial charge in [-0.2, -0.15) is 0 Å². The van der Waals surface area contributed by atoms with Crippen molar-refractivity contribution < 1.29 is 18.7 Å². The van der Waals surface area contributed by atoms with E-state index < -0.39 is 11.8 Å². The molecular formula is C23H20ClN5O4S. The standard InChI is InChI=1S/C23H20ClN5O4S/c1-32-18-5-2-4-16(12-18)21-26-28-23(29(21)13-19-6-3-11-33-19)34-14-20(30)25-27-22(31)15-7-9-17(24)10-8-15/h2-12H,13-14H2,1H3,(H,25,30)(H,27,31). The van der Waals surface area contributed by atoms with Crippen molar-refractivity contribution in [1.82, 2.24) is 25.6 Å². The zero-order chi connectivity index (χ0) is 23.9. The third-order valence-corrected chi connectivity index (χ3v) is 5.91. The van der Waals surface area contributed by atoms with E-state index in [0.29, 0.717) is 39.6 Å². The van der Waals surface area contributed by atoms with Crippen molar-refractivity contribution in [3.05, 3.63) is 83.3 Å². The summed E-state index contributed by atoms with van der Waals surface area (Å²) in [7, 11) is 1.60. The second-order valence-electron chi connectivity index (χ2n) is 7.00. The van der Waals surface area contributed by atoms with Gasteiger partial charge in [0.15, 0.2) is 11.0 Å². The summed E-state index contributed by atoms with van der Waals surface area (Å²) in [6.45, 7) is 0.379. The van der Waals surface area contributed by atoms with Crippen LogP contribution in [0, 0.1) is 0 Å². The van der Waals surface area contributed by atoms with E-state index in [-0.39, 0.29) is 5.75 Å². The number of rotatable bonds is 8. The highest BCUT2D eigenvalue weighted by Gasteiger charge is 2.18. The molecule has 174 valence electrons. The first kappa shape index (κ1) is 23.4. The number of nitrogens with one attached hydrogen (secondary N) is 2. The number of carbonyl (C=O) groups is 2. The number of nitrogens with zero attached hydrogens (tertiary/aromatic N) is 3. The van der Waals surface area contributed by atoms with Gasteiger partial charge in [0.1, 0.15) is 11.5 Å². The van der Waals surface area contributed by atoms with Gasteiger partial charge in [-0.25, -0.2) is 0 Å². The summed E-state index contributed by atoms with van der Waals surface area (Å²) in [6, 6.07) is 17.4. The summed E-state index contributed by atoms with van der Waals surface area (Å²) < 4.78 is 12.7. The van der Waals surface area contributed by atoms with Crippen LogP contribution in [0.25, 0.3) is 11.4 Å². The molecule has 0 saturated carbocycles. The first-order valence-electron chi connectivity index (χ1n) is 10.1. The molecule has 2 aromatic heterocycles. The molecule has 0 aliphatic carbocycles. The molecule has 0 bridgehead atoms. The van der Waals surface area contributed by atoms with E-state index in [1.165, 1.54) is 11.8 Å². The SMILES string of the molecule is COc1cccc(-c2nnc(SCC(=O)NNC(=O)c3ccc(Cl)cc3)n2Cc2ccco2)c1. The maximum atomic E-state index is 12.3. The fourth-order valence-corrected chi connectivity index (χ4v) is 3.90. The Bertz CT molecular complexity index is 1280. The van der Waals surface area contributed by atoms with Crippen molar-refractivity contribution in [3.63, 3.8) is 0 Å². The molecule has 0 fully saturated rings. The number of methoxy groups -OCH3 is 1. The number of hydrogen-bond acceptors (Lipinski definition) is 7. The highest BCUT2D eigenvalue weighted by molar-refractivity contribution is 7.99. The predicted octanol–water partition coefficient (Wildman–Crippen LogP) is 3.80. The first-order chi connectivity index (χ1) is 16.5. The zero-order valence-electron chi connectivity index (χ0n) is 18.0. The summed E-state index contributed by atoms with van der Waals surface area (Å²) in [6.07, 6.45) is 1.59. The van der Waals surface area contributed by atoms with Gasteiger partial charge in [-0.3, -0.25) is 25.0 Å². The van der Waals surface area contributed by atoms with Gasteiger partial charge in [-0.05, 0) is 48.5 Å². The second kappa shape index (κ2) is 10.9. The van der Waals surface area contributed by atoms with E-state index >= 15 is 0 Å². The molecule has 0 aliphatic rings. The number of halogens is 1. The molecule has 9 nitrogen and oxygen atoms in total. The lowest BCUT2D eigenvalue weighted by Crippen LogP contribution is -2.42. The molecule has 4 aromatic rings. The second-order valence-corrected chi connectivity index (χ2v) is 8.38. The number of aromatic nitrogens is 3. The number of ether oxygens (including phenoxy) is 1. The van der Waals surface area contributed by atoms with Crippen LogP contribution in [0.1, 0.15) is 16.1 Å². The van der Waals surface area contributed by atoms with Crippen LogP contribution in [-0.2, 0) is 11.3 Å². The Morgan fingerprint density at radius 3 is 2.65 bits per heavy atom. The number of amides is 2. The van der Waals surface area contributed by atoms with Crippen LogP contribution >= 0.6 is 23.4 Å². The summed E-state index contributed by atoms with van der Waals surface area (Å²) >= 11 is 7.01. The average molecular weight is 498 g/mol. The van der Waals surface area contributed by atoms with E-state index in [1.807, 2.05) is 34.9 Å². The van der Waals surface area contributed by atoms with Gasteiger partial charge in [0.05, 0.1) is 25.7 Å². The number of carbonyl (C=O) groups excluding carboxylic acids is 2. The van der Waals surface area contributed by atoms with Crippen molar-refractivity contribution >= 4 is 35.2 Å². The molecule has 4 rings (SSSR count). The summed E-state index contributed by atoms with van der Waals surface area (Å²) in [5.41, 5.74) is 5.97. The van der Waals surface area contributed by atoms with Crippen LogP contribution in [0.3, 0.4) is 0 Å². The molecule has 0 spiro atoms. The Balaban J connectivity index is 1.44. The molecule has 0 aliphatic heterocycles. The maximum absolute atomic E-state index is 12.3. The van der Waals surface area contributed by atoms with Crippen LogP contribution in [0.2, 0.25) is 5.02 Å². The quantitative estimate of drug-likeness (QED) is 0.281. The Labute approximate surface area is 204 Å². The summed E-state index contributed by atoms with van der Waals surface area (Å²) in [4.78, 5) is 24.5. The normalized spacial score (nSPS) is 10.6. The van der Waals surface area contributed by atoms with Crippen molar-refractivity contribution in [3.8, 4) is 17.1 Å². The minimum Gasteiger partial charge on any atom is -0.497 e. The number of furan rings is 1. The number of hydrogen-bond donors (Lipinski definition) is 2. The van der Waals surface area contributed by atoms with Gasteiger partial charge in [0.25, 0.3) is 5.91 Å². The molecule has 0 radical (unpaired) electrons. The first-order valence-corrected chi connectivity index (χ1v) is 11.5. The van der Waals surface area contributed by atoms with E-state index in [2.05, 4.69) is 21.0 Å². The fraction of sp³-hybridized carbons (Fsp3) is 0.130. The molecule has 2 N–H and O–H groups in total. The van der Waals surface area contributed by atoms with Gasteiger partial charge in [-0.1, -0.05) is 35.5 Å². The van der Waals surface area contributed by atoms with Crippen LogP contribution < -0.4 is 15.6 Å².